The molecule has 3 aromatic rings. The van der Waals surface area contributed by atoms with E-state index in [2.05, 4.69) is 4.90 Å². The van der Waals surface area contributed by atoms with Gasteiger partial charge in [-0.15, -0.1) is 0 Å². The summed E-state index contributed by atoms with van der Waals surface area (Å²) < 4.78 is 21.6. The summed E-state index contributed by atoms with van der Waals surface area (Å²) in [6.07, 6.45) is 2.19. The summed E-state index contributed by atoms with van der Waals surface area (Å²) in [6, 6.07) is 5.01. The summed E-state index contributed by atoms with van der Waals surface area (Å²) in [6.45, 7) is 4.72. The molecule has 0 radical (unpaired) electrons. The minimum absolute atomic E-state index is 0.0101. The third-order valence-corrected chi connectivity index (χ3v) is 8.07. The number of aliphatic hydroxyl groups excluding tert-OH is 2. The van der Waals surface area contributed by atoms with Crippen LogP contribution in [0.3, 0.4) is 0 Å². The second-order valence-corrected chi connectivity index (χ2v) is 10.5. The Labute approximate surface area is 220 Å². The average molecular weight is 524 g/mol. The molecule has 38 heavy (non-hydrogen) atoms. The maximum Gasteiger partial charge on any atom is 0.257 e. The number of hydrogen-bond acceptors (Lipinski definition) is 7. The minimum Gasteiger partial charge on any atom is -0.396 e. The van der Waals surface area contributed by atoms with Crippen molar-refractivity contribution in [2.75, 3.05) is 26.8 Å². The molecule has 2 aliphatic heterocycles. The van der Waals surface area contributed by atoms with Crippen LogP contribution in [0.4, 0.5) is 4.39 Å². The fourth-order valence-electron chi connectivity index (χ4n) is 5.93. The number of ether oxygens (including phenoxy) is 1. The normalized spacial score (nSPS) is 16.6. The number of likely N-dealkylation sites (tertiary alicyclic amines) is 1. The van der Waals surface area contributed by atoms with Gasteiger partial charge in [0.25, 0.3) is 5.56 Å². The highest BCUT2D eigenvalue weighted by Crippen LogP contribution is 2.38. The molecular weight excluding hydrogens is 489 g/mol. The van der Waals surface area contributed by atoms with Crippen LogP contribution in [0.5, 0.6) is 0 Å². The lowest BCUT2D eigenvalue weighted by atomic mass is 9.92. The first kappa shape index (κ1) is 26.6. The van der Waals surface area contributed by atoms with Crippen molar-refractivity contribution in [1.82, 2.24) is 14.5 Å². The molecule has 0 aliphatic carbocycles. The topological polar surface area (TPSA) is 105 Å². The number of pyridine rings is 2. The Balaban J connectivity index is 1.64. The number of aryl methyl sites for hydroxylation is 1. The predicted molar refractivity (Wildman–Crippen MR) is 141 cm³/mol. The number of nitrogens with zero attached hydrogens (tertiary/aromatic N) is 3. The van der Waals surface area contributed by atoms with Gasteiger partial charge in [-0.05, 0) is 74.0 Å². The molecule has 202 valence electrons. The zero-order valence-corrected chi connectivity index (χ0v) is 21.9. The third kappa shape index (κ3) is 4.80. The number of rotatable bonds is 9. The summed E-state index contributed by atoms with van der Waals surface area (Å²) in [7, 11) is 1.48. The molecule has 1 saturated heterocycles. The molecule has 1 aromatic carbocycles. The standard InChI is InChI=1S/C29H34FN3O5/c1-17-11-19-21(14-32-7-3-18(4-8-32)5-9-34)22-15-33-26(28(22)31-25(19)13-24(17)30)12-20(27(36)6-10-35)23(16-38-2)29(33)37/h10-13,18,27,34,36H,3-9,14-16H2,1-2H3. The summed E-state index contributed by atoms with van der Waals surface area (Å²) in [5, 5.41) is 20.9. The van der Waals surface area contributed by atoms with E-state index in [0.717, 1.165) is 48.9 Å². The van der Waals surface area contributed by atoms with E-state index in [0.29, 0.717) is 58.9 Å². The van der Waals surface area contributed by atoms with Crippen LogP contribution in [0.1, 0.15) is 59.6 Å². The molecule has 9 heteroatoms. The molecule has 0 saturated carbocycles. The van der Waals surface area contributed by atoms with E-state index >= 15 is 0 Å². The van der Waals surface area contributed by atoms with Gasteiger partial charge >= 0.3 is 0 Å². The molecule has 1 unspecified atom stereocenters. The van der Waals surface area contributed by atoms with Crippen molar-refractivity contribution in [1.29, 1.82) is 0 Å². The van der Waals surface area contributed by atoms with Gasteiger partial charge in [0.05, 0.1) is 36.2 Å². The van der Waals surface area contributed by atoms with E-state index in [-0.39, 0.29) is 31.0 Å². The predicted octanol–water partition coefficient (Wildman–Crippen LogP) is 3.24. The quantitative estimate of drug-likeness (QED) is 0.325. The molecule has 2 N–H and O–H groups in total. The van der Waals surface area contributed by atoms with Gasteiger partial charge in [-0.2, -0.15) is 0 Å². The van der Waals surface area contributed by atoms with Gasteiger partial charge in [-0.25, -0.2) is 9.37 Å². The van der Waals surface area contributed by atoms with Crippen molar-refractivity contribution in [2.24, 2.45) is 5.92 Å². The lowest BCUT2D eigenvalue weighted by molar-refractivity contribution is -0.109. The molecule has 1 atom stereocenters. The van der Waals surface area contributed by atoms with Crippen LogP contribution >= 0.6 is 0 Å². The summed E-state index contributed by atoms with van der Waals surface area (Å²) in [4.78, 5) is 31.9. The van der Waals surface area contributed by atoms with Gasteiger partial charge in [-0.3, -0.25) is 9.69 Å². The molecule has 0 amide bonds. The van der Waals surface area contributed by atoms with Crippen molar-refractivity contribution in [3.8, 4) is 11.4 Å². The fourth-order valence-corrected chi connectivity index (χ4v) is 5.93. The third-order valence-electron chi connectivity index (χ3n) is 8.07. The number of methoxy groups -OCH3 is 1. The number of carbonyl (C=O) groups excluding carboxylic acids is 1. The van der Waals surface area contributed by atoms with Gasteiger partial charge in [0.1, 0.15) is 12.1 Å². The van der Waals surface area contributed by atoms with Gasteiger partial charge in [0, 0.05) is 49.3 Å². The fraction of sp³-hybridized carbons (Fsp3) is 0.483. The number of hydrogen-bond donors (Lipinski definition) is 2. The zero-order valence-electron chi connectivity index (χ0n) is 21.9. The van der Waals surface area contributed by atoms with Crippen LogP contribution in [0.15, 0.2) is 23.0 Å². The number of aromatic nitrogens is 2. The number of fused-ring (bicyclic) bond motifs is 4. The second-order valence-electron chi connectivity index (χ2n) is 10.5. The largest absolute Gasteiger partial charge is 0.396 e. The molecule has 2 aromatic heterocycles. The highest BCUT2D eigenvalue weighted by atomic mass is 19.1. The number of aldehydes is 1. The molecule has 5 rings (SSSR count). The molecule has 1 fully saturated rings. The summed E-state index contributed by atoms with van der Waals surface area (Å²) in [5.74, 6) is 0.180. The zero-order chi connectivity index (χ0) is 27.0. The Bertz CT molecular complexity index is 1430. The molecule has 0 spiro atoms. The van der Waals surface area contributed by atoms with Gasteiger partial charge < -0.3 is 24.3 Å². The van der Waals surface area contributed by atoms with E-state index in [1.54, 1.807) is 17.6 Å². The maximum atomic E-state index is 14.7. The van der Waals surface area contributed by atoms with Crippen molar-refractivity contribution in [3.63, 3.8) is 0 Å². The Morgan fingerprint density at radius 3 is 2.68 bits per heavy atom. The SMILES string of the molecule is COCc1c(C(O)CC=O)cc2n(c1=O)Cc1c-2nc2cc(F)c(C)cc2c1CN1CCC(CCO)CC1. The van der Waals surface area contributed by atoms with Gasteiger partial charge in [-0.1, -0.05) is 0 Å². The molecule has 4 heterocycles. The van der Waals surface area contributed by atoms with E-state index < -0.39 is 6.10 Å². The van der Waals surface area contributed by atoms with Crippen LogP contribution in [0, 0.1) is 18.7 Å². The number of benzene rings is 1. The van der Waals surface area contributed by atoms with Crippen LogP contribution in [-0.4, -0.2) is 57.8 Å². The van der Waals surface area contributed by atoms with E-state index in [4.69, 9.17) is 9.72 Å². The highest BCUT2D eigenvalue weighted by Gasteiger charge is 2.31. The lowest BCUT2D eigenvalue weighted by Gasteiger charge is -2.32. The molecule has 0 bridgehead atoms. The number of piperidine rings is 1. The van der Waals surface area contributed by atoms with Gasteiger partial charge in [0.2, 0.25) is 0 Å². The Kier molecular flexibility index (Phi) is 7.72. The molecule has 8 nitrogen and oxygen atoms in total. The smallest absolute Gasteiger partial charge is 0.257 e. The van der Waals surface area contributed by atoms with Crippen molar-refractivity contribution in [3.05, 3.63) is 62.2 Å². The summed E-state index contributed by atoms with van der Waals surface area (Å²) >= 11 is 0. The second kappa shape index (κ2) is 11.0. The van der Waals surface area contributed by atoms with Crippen LogP contribution < -0.4 is 5.56 Å². The van der Waals surface area contributed by atoms with Crippen molar-refractivity contribution < 1.29 is 24.1 Å². The minimum atomic E-state index is -1.14. The highest BCUT2D eigenvalue weighted by molar-refractivity contribution is 5.88. The monoisotopic (exact) mass is 523 g/mol. The Morgan fingerprint density at radius 2 is 2.00 bits per heavy atom. The maximum absolute atomic E-state index is 14.7. The average Bonchev–Trinajstić information content (AvgIpc) is 3.26. The van der Waals surface area contributed by atoms with Crippen molar-refractivity contribution in [2.45, 2.75) is 58.4 Å². The van der Waals surface area contributed by atoms with E-state index in [1.807, 2.05) is 6.07 Å². The first-order valence-corrected chi connectivity index (χ1v) is 13.2. The Morgan fingerprint density at radius 1 is 1.24 bits per heavy atom. The van der Waals surface area contributed by atoms with Crippen molar-refractivity contribution >= 4 is 17.2 Å². The number of aliphatic hydroxyl groups is 2. The van der Waals surface area contributed by atoms with Crippen LogP contribution in [-0.2, 0) is 29.2 Å². The van der Waals surface area contributed by atoms with E-state index in [9.17, 15) is 24.2 Å². The first-order valence-electron chi connectivity index (χ1n) is 13.2. The van der Waals surface area contributed by atoms with Gasteiger partial charge in [0.15, 0.2) is 0 Å². The number of halogens is 1. The lowest BCUT2D eigenvalue weighted by Crippen LogP contribution is -2.34. The number of carbonyl (C=O) groups is 1. The molecular formula is C29H34FN3O5. The first-order chi connectivity index (χ1) is 18.4. The Hall–Kier alpha value is -2.98. The van der Waals surface area contributed by atoms with Crippen LogP contribution in [0.2, 0.25) is 0 Å². The summed E-state index contributed by atoms with van der Waals surface area (Å²) in [5.41, 5.74) is 4.55. The van der Waals surface area contributed by atoms with Crippen LogP contribution in [0.25, 0.3) is 22.3 Å². The molecule has 2 aliphatic rings. The van der Waals surface area contributed by atoms with E-state index in [1.165, 1.54) is 13.2 Å².